The van der Waals surface area contributed by atoms with Crippen molar-refractivity contribution < 1.29 is 5.11 Å². The number of aryl methyl sites for hydroxylation is 1. The second kappa shape index (κ2) is 5.39. The van der Waals surface area contributed by atoms with Gasteiger partial charge in [0.2, 0.25) is 5.95 Å². The maximum absolute atomic E-state index is 10.4. The number of anilines is 2. The van der Waals surface area contributed by atoms with E-state index >= 15 is 0 Å². The molecule has 0 spiro atoms. The normalized spacial score (nSPS) is 31.9. The van der Waals surface area contributed by atoms with E-state index in [2.05, 4.69) is 35.2 Å². The van der Waals surface area contributed by atoms with Gasteiger partial charge in [0.25, 0.3) is 0 Å². The van der Waals surface area contributed by atoms with E-state index in [0.29, 0.717) is 11.7 Å². The number of nitrogens with zero attached hydrogens (tertiary/aromatic N) is 3. The maximum Gasteiger partial charge on any atom is 0.222 e. The third-order valence-corrected chi connectivity index (χ3v) is 7.86. The lowest BCUT2D eigenvalue weighted by molar-refractivity contribution is 0.172. The first-order chi connectivity index (χ1) is 12.8. The molecule has 2 aliphatic carbocycles. The van der Waals surface area contributed by atoms with Crippen LogP contribution in [0.1, 0.15) is 32.4 Å². The molecule has 27 heavy (non-hydrogen) atoms. The maximum atomic E-state index is 10.4. The Bertz CT molecular complexity index is 1030. The molecule has 4 N–H and O–H groups in total. The number of aliphatic hydroxyl groups is 1. The van der Waals surface area contributed by atoms with Gasteiger partial charge in [0, 0.05) is 11.0 Å². The number of nitrogens with one attached hydrogen (secondary N) is 1. The number of hydrogen-bond acceptors (Lipinski definition) is 7. The van der Waals surface area contributed by atoms with Gasteiger partial charge < -0.3 is 16.2 Å². The molecular weight excluding hydrogens is 358 g/mol. The molecule has 2 heterocycles. The van der Waals surface area contributed by atoms with Crippen LogP contribution in [-0.2, 0) is 0 Å². The predicted molar refractivity (Wildman–Crippen MR) is 109 cm³/mol. The van der Waals surface area contributed by atoms with E-state index in [4.69, 9.17) is 10.7 Å². The van der Waals surface area contributed by atoms with Gasteiger partial charge in [-0.3, -0.25) is 0 Å². The minimum atomic E-state index is -0.255. The summed E-state index contributed by atoms with van der Waals surface area (Å²) in [6, 6.07) is 8.10. The van der Waals surface area contributed by atoms with Crippen molar-refractivity contribution >= 4 is 33.3 Å². The molecule has 0 amide bonds. The van der Waals surface area contributed by atoms with Gasteiger partial charge >= 0.3 is 0 Å². The Morgan fingerprint density at radius 2 is 2.00 bits per heavy atom. The number of hydrogen-bond donors (Lipinski definition) is 3. The van der Waals surface area contributed by atoms with E-state index < -0.39 is 0 Å². The fourth-order valence-corrected chi connectivity index (χ4v) is 5.93. The van der Waals surface area contributed by atoms with Crippen molar-refractivity contribution in [3.8, 4) is 10.6 Å². The second-order valence-corrected chi connectivity index (χ2v) is 9.24. The third-order valence-electron chi connectivity index (χ3n) is 6.81. The van der Waals surface area contributed by atoms with Gasteiger partial charge in [0.15, 0.2) is 0 Å². The van der Waals surface area contributed by atoms with Crippen LogP contribution in [0.4, 0.5) is 11.8 Å². The summed E-state index contributed by atoms with van der Waals surface area (Å²) in [6.45, 7) is 6.29. The summed E-state index contributed by atoms with van der Waals surface area (Å²) in [7, 11) is 0. The van der Waals surface area contributed by atoms with Crippen LogP contribution in [0.3, 0.4) is 0 Å². The zero-order valence-corrected chi connectivity index (χ0v) is 16.5. The van der Waals surface area contributed by atoms with Gasteiger partial charge in [-0.15, -0.1) is 11.3 Å². The van der Waals surface area contributed by atoms with Crippen LogP contribution in [0.2, 0.25) is 0 Å². The van der Waals surface area contributed by atoms with Crippen molar-refractivity contribution in [2.24, 2.45) is 11.3 Å². The number of benzene rings is 1. The Morgan fingerprint density at radius 1 is 1.22 bits per heavy atom. The van der Waals surface area contributed by atoms with E-state index in [0.717, 1.165) is 39.3 Å². The summed E-state index contributed by atoms with van der Waals surface area (Å²) in [6.07, 6.45) is 1.76. The lowest BCUT2D eigenvalue weighted by atomic mass is 9.84. The zero-order chi connectivity index (χ0) is 19.0. The van der Waals surface area contributed by atoms with Crippen LogP contribution in [0.15, 0.2) is 24.3 Å². The molecule has 0 saturated heterocycles. The molecule has 5 rings (SSSR count). The van der Waals surface area contributed by atoms with Gasteiger partial charge in [-0.1, -0.05) is 19.1 Å². The molecular formula is C20H23N5OS. The van der Waals surface area contributed by atoms with Gasteiger partial charge in [-0.2, -0.15) is 4.98 Å². The van der Waals surface area contributed by atoms with Gasteiger partial charge in [-0.25, -0.2) is 9.97 Å². The van der Waals surface area contributed by atoms with Crippen molar-refractivity contribution in [1.82, 2.24) is 15.0 Å². The van der Waals surface area contributed by atoms with Crippen LogP contribution < -0.4 is 11.1 Å². The summed E-state index contributed by atoms with van der Waals surface area (Å²) in [5.74, 6) is 1.32. The summed E-state index contributed by atoms with van der Waals surface area (Å²) >= 11 is 1.63. The summed E-state index contributed by atoms with van der Waals surface area (Å²) in [5, 5.41) is 14.9. The molecule has 3 aromatic rings. The monoisotopic (exact) mass is 381 g/mol. The van der Waals surface area contributed by atoms with Crippen LogP contribution in [0.25, 0.3) is 20.8 Å². The molecule has 7 heteroatoms. The van der Waals surface area contributed by atoms with E-state index in [1.54, 1.807) is 11.3 Å². The number of fused-ring (bicyclic) bond motifs is 2. The second-order valence-electron chi connectivity index (χ2n) is 8.21. The van der Waals surface area contributed by atoms with E-state index in [1.807, 2.05) is 25.1 Å². The van der Waals surface area contributed by atoms with Crippen molar-refractivity contribution in [3.63, 3.8) is 0 Å². The van der Waals surface area contributed by atoms with Crippen molar-refractivity contribution in [3.05, 3.63) is 30.0 Å². The van der Waals surface area contributed by atoms with E-state index in [-0.39, 0.29) is 23.0 Å². The standard InChI is InChI=1S/C20H23N5OS/c1-10-14(17-23-12-6-4-5-7-13(12)27-17)16(24-18(21)22-10)25-19(2)9-8-11-15(26)20(11,19)3/h4-7,11,15,26H,8-9H2,1-3H3,(H3,21,22,24,25). The van der Waals surface area contributed by atoms with Gasteiger partial charge in [0.1, 0.15) is 10.8 Å². The fraction of sp³-hybridized carbons (Fsp3) is 0.450. The van der Waals surface area contributed by atoms with Crippen molar-refractivity contribution in [1.29, 1.82) is 0 Å². The minimum absolute atomic E-state index is 0.133. The van der Waals surface area contributed by atoms with E-state index in [9.17, 15) is 5.11 Å². The number of para-hydroxylation sites is 1. The Kier molecular flexibility index (Phi) is 3.37. The highest BCUT2D eigenvalue weighted by Crippen LogP contribution is 2.68. The lowest BCUT2D eigenvalue weighted by Crippen LogP contribution is -2.43. The number of thiazole rings is 1. The smallest absolute Gasteiger partial charge is 0.222 e. The molecule has 1 aromatic carbocycles. The SMILES string of the molecule is Cc1nc(N)nc(NC2(C)CCC3C(O)C32C)c1-c1nc2ccccc2s1. The lowest BCUT2D eigenvalue weighted by Gasteiger charge is -2.35. The summed E-state index contributed by atoms with van der Waals surface area (Å²) < 4.78 is 1.13. The summed E-state index contributed by atoms with van der Waals surface area (Å²) in [5.41, 5.74) is 8.28. The number of rotatable bonds is 3. The molecule has 4 unspecified atom stereocenters. The Balaban J connectivity index is 1.63. The molecule has 4 atom stereocenters. The van der Waals surface area contributed by atoms with Crippen LogP contribution >= 0.6 is 11.3 Å². The molecule has 0 aliphatic heterocycles. The number of aromatic nitrogens is 3. The fourth-order valence-electron chi connectivity index (χ4n) is 4.86. The Labute approximate surface area is 161 Å². The molecule has 2 fully saturated rings. The Hall–Kier alpha value is -2.25. The van der Waals surface area contributed by atoms with Crippen LogP contribution in [-0.4, -0.2) is 31.7 Å². The molecule has 2 aromatic heterocycles. The highest BCUT2D eigenvalue weighted by molar-refractivity contribution is 7.21. The summed E-state index contributed by atoms with van der Waals surface area (Å²) in [4.78, 5) is 13.7. The largest absolute Gasteiger partial charge is 0.392 e. The molecule has 6 nitrogen and oxygen atoms in total. The van der Waals surface area contributed by atoms with Crippen molar-refractivity contribution in [2.45, 2.75) is 45.3 Å². The zero-order valence-electron chi connectivity index (χ0n) is 15.7. The van der Waals surface area contributed by atoms with Crippen LogP contribution in [0.5, 0.6) is 0 Å². The number of nitrogen functional groups attached to an aromatic ring is 1. The number of aliphatic hydroxyl groups excluding tert-OH is 1. The highest BCUT2D eigenvalue weighted by atomic mass is 32.1. The molecule has 0 radical (unpaired) electrons. The first-order valence-corrected chi connectivity index (χ1v) is 10.1. The van der Waals surface area contributed by atoms with Crippen LogP contribution in [0, 0.1) is 18.3 Å². The average molecular weight is 382 g/mol. The Morgan fingerprint density at radius 3 is 2.70 bits per heavy atom. The third kappa shape index (κ3) is 2.24. The van der Waals surface area contributed by atoms with Crippen molar-refractivity contribution in [2.75, 3.05) is 11.1 Å². The molecule has 2 saturated carbocycles. The van der Waals surface area contributed by atoms with Gasteiger partial charge in [0.05, 0.1) is 27.6 Å². The van der Waals surface area contributed by atoms with Gasteiger partial charge in [-0.05, 0) is 44.7 Å². The first-order valence-electron chi connectivity index (χ1n) is 9.30. The predicted octanol–water partition coefficient (Wildman–Crippen LogP) is 3.61. The molecule has 0 bridgehead atoms. The molecule has 2 aliphatic rings. The topological polar surface area (TPSA) is 97.0 Å². The quantitative estimate of drug-likeness (QED) is 0.641. The molecule has 140 valence electrons. The average Bonchev–Trinajstić information content (AvgIpc) is 2.92. The highest BCUT2D eigenvalue weighted by Gasteiger charge is 2.73. The first kappa shape index (κ1) is 16.9. The minimum Gasteiger partial charge on any atom is -0.392 e. The van der Waals surface area contributed by atoms with E-state index in [1.165, 1.54) is 0 Å². The number of nitrogens with two attached hydrogens (primary N) is 1.